The van der Waals surface area contributed by atoms with Crippen LogP contribution in [0.5, 0.6) is 11.5 Å². The van der Waals surface area contributed by atoms with Gasteiger partial charge in [-0.1, -0.05) is 18.2 Å². The van der Waals surface area contributed by atoms with E-state index in [1.807, 2.05) is 26.0 Å². The summed E-state index contributed by atoms with van der Waals surface area (Å²) in [4.78, 5) is 23.5. The van der Waals surface area contributed by atoms with Gasteiger partial charge in [-0.3, -0.25) is 4.79 Å². The third kappa shape index (κ3) is 5.53. The number of aryl methyl sites for hydroxylation is 1. The molecule has 0 aromatic heterocycles. The van der Waals surface area contributed by atoms with Crippen molar-refractivity contribution in [3.8, 4) is 11.5 Å². The molecule has 2 rings (SSSR count). The summed E-state index contributed by atoms with van der Waals surface area (Å²) < 4.78 is 15.4. The van der Waals surface area contributed by atoms with Gasteiger partial charge in [-0.25, -0.2) is 4.79 Å². The fourth-order valence-corrected chi connectivity index (χ4v) is 2.10. The number of esters is 1. The molecule has 0 aliphatic carbocycles. The van der Waals surface area contributed by atoms with Gasteiger partial charge in [-0.05, 0) is 43.2 Å². The topological polar surface area (TPSA) is 73.9 Å². The maximum atomic E-state index is 11.8. The second kappa shape index (κ2) is 8.73. The number of rotatable bonds is 7. The maximum Gasteiger partial charge on any atom is 0.344 e. The van der Waals surface area contributed by atoms with Gasteiger partial charge in [-0.15, -0.1) is 0 Å². The van der Waals surface area contributed by atoms with Crippen LogP contribution in [0.3, 0.4) is 0 Å². The van der Waals surface area contributed by atoms with Gasteiger partial charge in [0.15, 0.2) is 13.2 Å². The first-order chi connectivity index (χ1) is 12.0. The largest absolute Gasteiger partial charge is 0.497 e. The molecule has 0 radical (unpaired) electrons. The van der Waals surface area contributed by atoms with Crippen molar-refractivity contribution in [1.82, 2.24) is 0 Å². The zero-order valence-electron chi connectivity index (χ0n) is 14.5. The zero-order chi connectivity index (χ0) is 18.2. The van der Waals surface area contributed by atoms with Crippen LogP contribution in [0.1, 0.15) is 11.1 Å². The fraction of sp³-hybridized carbons (Fsp3) is 0.263. The second-order valence-electron chi connectivity index (χ2n) is 5.43. The molecule has 0 saturated heterocycles. The lowest BCUT2D eigenvalue weighted by Crippen LogP contribution is -2.23. The lowest BCUT2D eigenvalue weighted by molar-refractivity contribution is -0.149. The molecule has 2 aromatic carbocycles. The van der Waals surface area contributed by atoms with E-state index in [0.29, 0.717) is 17.2 Å². The molecule has 6 nitrogen and oxygen atoms in total. The first-order valence-corrected chi connectivity index (χ1v) is 7.78. The van der Waals surface area contributed by atoms with Crippen LogP contribution in [-0.2, 0) is 14.3 Å². The molecular formula is C19H21NO5. The summed E-state index contributed by atoms with van der Waals surface area (Å²) in [6.45, 7) is 3.24. The lowest BCUT2D eigenvalue weighted by Gasteiger charge is -2.11. The number of carbonyl (C=O) groups is 2. The molecule has 1 amide bonds. The Morgan fingerprint density at radius 1 is 1.04 bits per heavy atom. The highest BCUT2D eigenvalue weighted by Gasteiger charge is 2.10. The van der Waals surface area contributed by atoms with Crippen molar-refractivity contribution in [3.05, 3.63) is 53.6 Å². The van der Waals surface area contributed by atoms with Crippen LogP contribution in [0, 0.1) is 13.8 Å². The predicted octanol–water partition coefficient (Wildman–Crippen LogP) is 2.87. The van der Waals surface area contributed by atoms with E-state index in [-0.39, 0.29) is 13.2 Å². The van der Waals surface area contributed by atoms with Crippen molar-refractivity contribution in [3.63, 3.8) is 0 Å². The molecule has 1 N–H and O–H groups in total. The lowest BCUT2D eigenvalue weighted by atomic mass is 10.1. The molecule has 0 spiro atoms. The number of nitrogens with one attached hydrogen (secondary N) is 1. The second-order valence-corrected chi connectivity index (χ2v) is 5.43. The smallest absolute Gasteiger partial charge is 0.344 e. The van der Waals surface area contributed by atoms with E-state index in [4.69, 9.17) is 14.2 Å². The predicted molar refractivity (Wildman–Crippen MR) is 94.0 cm³/mol. The van der Waals surface area contributed by atoms with E-state index in [1.165, 1.54) is 0 Å². The van der Waals surface area contributed by atoms with Gasteiger partial charge in [0.25, 0.3) is 5.91 Å². The SMILES string of the molecule is COc1cccc(NC(=O)COC(=O)COc2cccc(C)c2C)c1. The third-order valence-electron chi connectivity index (χ3n) is 3.62. The summed E-state index contributed by atoms with van der Waals surface area (Å²) in [6.07, 6.45) is 0. The van der Waals surface area contributed by atoms with Crippen LogP contribution < -0.4 is 14.8 Å². The molecule has 0 fully saturated rings. The van der Waals surface area contributed by atoms with Gasteiger partial charge in [-0.2, -0.15) is 0 Å². The van der Waals surface area contributed by atoms with Crippen LogP contribution in [0.25, 0.3) is 0 Å². The van der Waals surface area contributed by atoms with Crippen molar-refractivity contribution >= 4 is 17.6 Å². The van der Waals surface area contributed by atoms with Crippen LogP contribution in [-0.4, -0.2) is 32.2 Å². The Bertz CT molecular complexity index is 757. The van der Waals surface area contributed by atoms with Gasteiger partial charge in [0.2, 0.25) is 0 Å². The molecule has 0 heterocycles. The van der Waals surface area contributed by atoms with Crippen molar-refractivity contribution in [2.75, 3.05) is 25.6 Å². The zero-order valence-corrected chi connectivity index (χ0v) is 14.5. The number of anilines is 1. The van der Waals surface area contributed by atoms with E-state index >= 15 is 0 Å². The number of benzene rings is 2. The molecule has 0 unspecified atom stereocenters. The van der Waals surface area contributed by atoms with Crippen molar-refractivity contribution < 1.29 is 23.8 Å². The first-order valence-electron chi connectivity index (χ1n) is 7.78. The average molecular weight is 343 g/mol. The van der Waals surface area contributed by atoms with E-state index in [2.05, 4.69) is 5.32 Å². The third-order valence-corrected chi connectivity index (χ3v) is 3.62. The highest BCUT2D eigenvalue weighted by atomic mass is 16.6. The number of carbonyl (C=O) groups excluding carboxylic acids is 2. The van der Waals surface area contributed by atoms with E-state index < -0.39 is 11.9 Å². The number of amides is 1. The average Bonchev–Trinajstić information content (AvgIpc) is 2.61. The Balaban J connectivity index is 1.77. The number of ether oxygens (including phenoxy) is 3. The minimum Gasteiger partial charge on any atom is -0.497 e. The van der Waals surface area contributed by atoms with E-state index in [0.717, 1.165) is 11.1 Å². The fourth-order valence-electron chi connectivity index (χ4n) is 2.10. The normalized spacial score (nSPS) is 10.0. The summed E-state index contributed by atoms with van der Waals surface area (Å²) in [5, 5.41) is 2.63. The summed E-state index contributed by atoms with van der Waals surface area (Å²) in [7, 11) is 1.54. The molecule has 2 aromatic rings. The summed E-state index contributed by atoms with van der Waals surface area (Å²) in [5.74, 6) is 0.199. The summed E-state index contributed by atoms with van der Waals surface area (Å²) >= 11 is 0. The number of hydrogen-bond donors (Lipinski definition) is 1. The molecule has 25 heavy (non-hydrogen) atoms. The first kappa shape index (κ1) is 18.3. The Morgan fingerprint density at radius 3 is 2.56 bits per heavy atom. The number of methoxy groups -OCH3 is 1. The highest BCUT2D eigenvalue weighted by molar-refractivity contribution is 5.93. The maximum absolute atomic E-state index is 11.8. The summed E-state index contributed by atoms with van der Waals surface area (Å²) in [5.41, 5.74) is 2.60. The van der Waals surface area contributed by atoms with Gasteiger partial charge in [0, 0.05) is 11.8 Å². The van der Waals surface area contributed by atoms with Crippen molar-refractivity contribution in [2.24, 2.45) is 0 Å². The quantitative estimate of drug-likeness (QED) is 0.783. The molecule has 0 atom stereocenters. The van der Waals surface area contributed by atoms with Gasteiger partial charge >= 0.3 is 5.97 Å². The van der Waals surface area contributed by atoms with Crippen molar-refractivity contribution in [1.29, 1.82) is 0 Å². The van der Waals surface area contributed by atoms with E-state index in [1.54, 1.807) is 37.4 Å². The standard InChI is InChI=1S/C19H21NO5/c1-13-6-4-9-17(14(13)2)24-12-19(22)25-11-18(21)20-15-7-5-8-16(10-15)23-3/h4-10H,11-12H2,1-3H3,(H,20,21). The summed E-state index contributed by atoms with van der Waals surface area (Å²) in [6, 6.07) is 12.5. The molecule has 0 aliphatic rings. The Hall–Kier alpha value is -3.02. The van der Waals surface area contributed by atoms with E-state index in [9.17, 15) is 9.59 Å². The highest BCUT2D eigenvalue weighted by Crippen LogP contribution is 2.20. The molecule has 0 saturated carbocycles. The number of hydrogen-bond acceptors (Lipinski definition) is 5. The van der Waals surface area contributed by atoms with Gasteiger partial charge in [0.05, 0.1) is 7.11 Å². The Morgan fingerprint density at radius 2 is 1.80 bits per heavy atom. The van der Waals surface area contributed by atoms with Crippen LogP contribution >= 0.6 is 0 Å². The molecule has 132 valence electrons. The Labute approximate surface area is 146 Å². The monoisotopic (exact) mass is 343 g/mol. The molecule has 0 aliphatic heterocycles. The van der Waals surface area contributed by atoms with Crippen LogP contribution in [0.15, 0.2) is 42.5 Å². The van der Waals surface area contributed by atoms with Crippen LogP contribution in [0.2, 0.25) is 0 Å². The van der Waals surface area contributed by atoms with Crippen LogP contribution in [0.4, 0.5) is 5.69 Å². The van der Waals surface area contributed by atoms with Gasteiger partial charge < -0.3 is 19.5 Å². The van der Waals surface area contributed by atoms with Gasteiger partial charge in [0.1, 0.15) is 11.5 Å². The van der Waals surface area contributed by atoms with Crippen molar-refractivity contribution in [2.45, 2.75) is 13.8 Å². The Kier molecular flexibility index (Phi) is 6.39. The molecular weight excluding hydrogens is 322 g/mol. The minimum absolute atomic E-state index is 0.253. The molecule has 0 bridgehead atoms. The molecule has 6 heteroatoms. The minimum atomic E-state index is -0.610.